The number of carbonyl (C=O) groups excluding carboxylic acids is 3. The van der Waals surface area contributed by atoms with Crippen LogP contribution < -0.4 is 5.32 Å². The second-order valence-corrected chi connectivity index (χ2v) is 8.80. The zero-order valence-corrected chi connectivity index (χ0v) is 21.0. The summed E-state index contributed by atoms with van der Waals surface area (Å²) in [6, 6.07) is 4.85. The summed E-state index contributed by atoms with van der Waals surface area (Å²) in [5, 5.41) is 14.1. The Morgan fingerprint density at radius 2 is 1.91 bits per heavy atom. The van der Waals surface area contributed by atoms with Crippen molar-refractivity contribution in [2.75, 3.05) is 13.7 Å². The molecule has 0 aromatic heterocycles. The summed E-state index contributed by atoms with van der Waals surface area (Å²) >= 11 is 0. The van der Waals surface area contributed by atoms with Gasteiger partial charge in [0.15, 0.2) is 0 Å². The molecule has 35 heavy (non-hydrogen) atoms. The summed E-state index contributed by atoms with van der Waals surface area (Å²) in [5.74, 6) is -3.91. The molecule has 1 amide bonds. The fourth-order valence-electron chi connectivity index (χ4n) is 4.08. The van der Waals surface area contributed by atoms with Crippen LogP contribution in [-0.4, -0.2) is 48.2 Å². The topological polar surface area (TPSA) is 137 Å². The highest BCUT2D eigenvalue weighted by Gasteiger charge is 2.43. The van der Waals surface area contributed by atoms with Crippen LogP contribution >= 0.6 is 0 Å². The molecule has 10 heteroatoms. The average Bonchev–Trinajstić information content (AvgIpc) is 2.81. The maximum absolute atomic E-state index is 13.6. The number of nitrogens with zero attached hydrogens (tertiary/aromatic N) is 2. The SMILES string of the molecule is CCCCOC(=O)C(NC(=O)C1=C(C)N=C(C)C(C(=O)OC)C1c1cccc([N+](=O)[O-])c1)C(C)C. The van der Waals surface area contributed by atoms with Crippen molar-refractivity contribution in [2.45, 2.75) is 59.4 Å². The van der Waals surface area contributed by atoms with Crippen molar-refractivity contribution in [2.24, 2.45) is 16.8 Å². The molecule has 1 heterocycles. The largest absolute Gasteiger partial charge is 0.468 e. The van der Waals surface area contributed by atoms with Crippen LogP contribution in [0, 0.1) is 22.0 Å². The molecule has 0 fully saturated rings. The number of methoxy groups -OCH3 is 1. The smallest absolute Gasteiger partial charge is 0.328 e. The minimum absolute atomic E-state index is 0.138. The molecule has 2 rings (SSSR count). The van der Waals surface area contributed by atoms with E-state index in [2.05, 4.69) is 10.3 Å². The molecule has 1 aromatic rings. The number of allylic oxidation sites excluding steroid dienone is 1. The van der Waals surface area contributed by atoms with E-state index in [1.807, 2.05) is 6.92 Å². The van der Waals surface area contributed by atoms with Crippen LogP contribution in [0.15, 0.2) is 40.5 Å². The molecule has 10 nitrogen and oxygen atoms in total. The fraction of sp³-hybridized carbons (Fsp3) is 0.520. The molecule has 1 aliphatic heterocycles. The van der Waals surface area contributed by atoms with Crippen molar-refractivity contribution in [3.05, 3.63) is 51.2 Å². The first-order chi connectivity index (χ1) is 16.5. The van der Waals surface area contributed by atoms with Gasteiger partial charge in [0.05, 0.1) is 18.6 Å². The van der Waals surface area contributed by atoms with Crippen LogP contribution in [0.1, 0.15) is 58.9 Å². The number of hydrogen-bond acceptors (Lipinski definition) is 8. The summed E-state index contributed by atoms with van der Waals surface area (Å²) < 4.78 is 10.3. The normalized spacial score (nSPS) is 18.5. The predicted molar refractivity (Wildman–Crippen MR) is 130 cm³/mol. The number of nitrogens with one attached hydrogen (secondary N) is 1. The number of nitro benzene ring substituents is 1. The van der Waals surface area contributed by atoms with Gasteiger partial charge in [-0.25, -0.2) is 4.79 Å². The average molecular weight is 488 g/mol. The van der Waals surface area contributed by atoms with Crippen LogP contribution in [0.5, 0.6) is 0 Å². The third-order valence-corrected chi connectivity index (χ3v) is 5.92. The Morgan fingerprint density at radius 3 is 2.49 bits per heavy atom. The Kier molecular flexibility index (Phi) is 9.68. The van der Waals surface area contributed by atoms with E-state index in [4.69, 9.17) is 9.47 Å². The van der Waals surface area contributed by atoms with E-state index in [0.29, 0.717) is 23.4 Å². The standard InChI is InChI=1S/C25H33N3O7/c1-7-8-12-35-25(31)22(14(2)3)27-23(29)19-15(4)26-16(5)20(24(30)34-6)21(19)17-10-9-11-18(13-17)28(32)33/h9-11,13-14,20-22H,7-8,12H2,1-6H3,(H,27,29). The number of carbonyl (C=O) groups is 3. The zero-order valence-electron chi connectivity index (χ0n) is 21.0. The van der Waals surface area contributed by atoms with Crippen molar-refractivity contribution in [3.63, 3.8) is 0 Å². The highest BCUT2D eigenvalue weighted by atomic mass is 16.6. The molecule has 0 saturated heterocycles. The Labute approximate surface area is 204 Å². The number of nitro groups is 1. The summed E-state index contributed by atoms with van der Waals surface area (Å²) in [7, 11) is 1.23. The molecule has 1 aliphatic rings. The second-order valence-electron chi connectivity index (χ2n) is 8.80. The number of benzene rings is 1. The third-order valence-electron chi connectivity index (χ3n) is 5.92. The van der Waals surface area contributed by atoms with Crippen molar-refractivity contribution in [1.82, 2.24) is 5.32 Å². The van der Waals surface area contributed by atoms with Crippen LogP contribution in [0.25, 0.3) is 0 Å². The number of amides is 1. The molecule has 1 N–H and O–H groups in total. The van der Waals surface area contributed by atoms with Gasteiger partial charge in [0.25, 0.3) is 5.69 Å². The summed E-state index contributed by atoms with van der Waals surface area (Å²) in [5.41, 5.74) is 1.11. The molecule has 0 radical (unpaired) electrons. The number of hydrogen-bond donors (Lipinski definition) is 1. The molecule has 3 atom stereocenters. The van der Waals surface area contributed by atoms with E-state index in [-0.39, 0.29) is 23.8 Å². The first-order valence-electron chi connectivity index (χ1n) is 11.6. The van der Waals surface area contributed by atoms with Crippen LogP contribution in [0.4, 0.5) is 5.69 Å². The monoisotopic (exact) mass is 487 g/mol. The number of esters is 2. The predicted octanol–water partition coefficient (Wildman–Crippen LogP) is 3.70. The number of ether oxygens (including phenoxy) is 2. The van der Waals surface area contributed by atoms with Crippen LogP contribution in [0.3, 0.4) is 0 Å². The number of non-ortho nitro benzene ring substituents is 1. The number of unbranched alkanes of at least 4 members (excludes halogenated alkanes) is 1. The lowest BCUT2D eigenvalue weighted by molar-refractivity contribution is -0.384. The molecule has 3 unspecified atom stereocenters. The third kappa shape index (κ3) is 6.52. The second kappa shape index (κ2) is 12.2. The Bertz CT molecular complexity index is 1050. The molecular formula is C25H33N3O7. The van der Waals surface area contributed by atoms with Crippen LogP contribution in [0.2, 0.25) is 0 Å². The lowest BCUT2D eigenvalue weighted by Crippen LogP contribution is -2.48. The quantitative estimate of drug-likeness (QED) is 0.230. The lowest BCUT2D eigenvalue weighted by Gasteiger charge is -2.32. The van der Waals surface area contributed by atoms with E-state index < -0.39 is 40.6 Å². The Balaban J connectivity index is 2.54. The maximum Gasteiger partial charge on any atom is 0.328 e. The molecular weight excluding hydrogens is 454 g/mol. The molecule has 190 valence electrons. The van der Waals surface area contributed by atoms with E-state index >= 15 is 0 Å². The van der Waals surface area contributed by atoms with Crippen molar-refractivity contribution >= 4 is 29.2 Å². The van der Waals surface area contributed by atoms with E-state index in [1.54, 1.807) is 33.8 Å². The first kappa shape index (κ1) is 27.7. The van der Waals surface area contributed by atoms with Crippen molar-refractivity contribution in [3.8, 4) is 0 Å². The molecule has 1 aromatic carbocycles. The van der Waals surface area contributed by atoms with Gasteiger partial charge < -0.3 is 14.8 Å². The highest BCUT2D eigenvalue weighted by Crippen LogP contribution is 2.40. The van der Waals surface area contributed by atoms with E-state index in [0.717, 1.165) is 6.42 Å². The van der Waals surface area contributed by atoms with Gasteiger partial charge in [0.1, 0.15) is 12.0 Å². The summed E-state index contributed by atoms with van der Waals surface area (Å²) in [4.78, 5) is 54.3. The van der Waals surface area contributed by atoms with Gasteiger partial charge in [0.2, 0.25) is 5.91 Å². The summed E-state index contributed by atoms with van der Waals surface area (Å²) in [6.07, 6.45) is 1.56. The number of rotatable bonds is 10. The van der Waals surface area contributed by atoms with Crippen molar-refractivity contribution in [1.29, 1.82) is 0 Å². The fourth-order valence-corrected chi connectivity index (χ4v) is 4.08. The van der Waals surface area contributed by atoms with Crippen LogP contribution in [-0.2, 0) is 23.9 Å². The Morgan fingerprint density at radius 1 is 1.23 bits per heavy atom. The van der Waals surface area contributed by atoms with Gasteiger partial charge >= 0.3 is 11.9 Å². The van der Waals surface area contributed by atoms with E-state index in [9.17, 15) is 24.5 Å². The van der Waals surface area contributed by atoms with E-state index in [1.165, 1.54) is 25.3 Å². The maximum atomic E-state index is 13.6. The Hall–Kier alpha value is -3.56. The van der Waals surface area contributed by atoms with Gasteiger partial charge in [-0.05, 0) is 31.7 Å². The minimum Gasteiger partial charge on any atom is -0.468 e. The van der Waals surface area contributed by atoms with Gasteiger partial charge in [-0.2, -0.15) is 0 Å². The van der Waals surface area contributed by atoms with Gasteiger partial charge in [-0.3, -0.25) is 24.7 Å². The molecule has 0 bridgehead atoms. The molecule has 0 aliphatic carbocycles. The van der Waals surface area contributed by atoms with Crippen molar-refractivity contribution < 1.29 is 28.8 Å². The zero-order chi connectivity index (χ0) is 26.3. The van der Waals surface area contributed by atoms with Gasteiger partial charge in [-0.1, -0.05) is 39.3 Å². The van der Waals surface area contributed by atoms with Gasteiger partial charge in [0, 0.05) is 35.0 Å². The first-order valence-corrected chi connectivity index (χ1v) is 11.6. The number of aliphatic imine (C=N–C) groups is 1. The lowest BCUT2D eigenvalue weighted by atomic mass is 9.75. The highest BCUT2D eigenvalue weighted by molar-refractivity contribution is 6.08. The minimum atomic E-state index is -0.972. The van der Waals surface area contributed by atoms with Gasteiger partial charge in [-0.15, -0.1) is 0 Å². The summed E-state index contributed by atoms with van der Waals surface area (Å²) in [6.45, 7) is 9.06. The molecule has 0 spiro atoms. The molecule has 0 saturated carbocycles.